The molecule has 0 saturated heterocycles. The van der Waals surface area contributed by atoms with E-state index in [-0.39, 0.29) is 12.3 Å². The average Bonchev–Trinajstić information content (AvgIpc) is 3.04. The minimum atomic E-state index is -0.159. The number of nitrogens with zero attached hydrogens (tertiary/aromatic N) is 2. The Morgan fingerprint density at radius 1 is 1.21 bits per heavy atom. The molecule has 0 aliphatic heterocycles. The maximum atomic E-state index is 12.3. The standard InChI is InChI=1S/C17H23N3O3S/c1-5-11(6-2)16-19-20-17(24-16)18-15(21)10-12-9-13(22-3)7-8-14(12)23-4/h7-9,11H,5-6,10H2,1-4H3,(H,18,20,21). The summed E-state index contributed by atoms with van der Waals surface area (Å²) >= 11 is 1.44. The molecule has 1 aromatic carbocycles. The van der Waals surface area contributed by atoms with Gasteiger partial charge in [-0.1, -0.05) is 25.2 Å². The Hall–Kier alpha value is -2.15. The van der Waals surface area contributed by atoms with Crippen molar-refractivity contribution in [3.63, 3.8) is 0 Å². The first-order chi connectivity index (χ1) is 11.6. The summed E-state index contributed by atoms with van der Waals surface area (Å²) in [7, 11) is 3.17. The Balaban J connectivity index is 2.06. The summed E-state index contributed by atoms with van der Waals surface area (Å²) in [4.78, 5) is 12.3. The lowest BCUT2D eigenvalue weighted by Gasteiger charge is -2.10. The van der Waals surface area contributed by atoms with Gasteiger partial charge in [0, 0.05) is 11.5 Å². The minimum absolute atomic E-state index is 0.159. The maximum Gasteiger partial charge on any atom is 0.230 e. The summed E-state index contributed by atoms with van der Waals surface area (Å²) in [6.45, 7) is 4.26. The molecule has 7 heteroatoms. The molecule has 0 aliphatic rings. The molecule has 0 aliphatic carbocycles. The molecule has 2 rings (SSSR count). The van der Waals surface area contributed by atoms with E-state index in [9.17, 15) is 4.79 Å². The fourth-order valence-corrected chi connectivity index (χ4v) is 3.47. The van der Waals surface area contributed by atoms with E-state index >= 15 is 0 Å². The monoisotopic (exact) mass is 349 g/mol. The van der Waals surface area contributed by atoms with E-state index in [2.05, 4.69) is 29.4 Å². The lowest BCUT2D eigenvalue weighted by Crippen LogP contribution is -2.14. The molecule has 24 heavy (non-hydrogen) atoms. The van der Waals surface area contributed by atoms with Crippen molar-refractivity contribution < 1.29 is 14.3 Å². The largest absolute Gasteiger partial charge is 0.497 e. The van der Waals surface area contributed by atoms with Crippen LogP contribution in [0.5, 0.6) is 11.5 Å². The van der Waals surface area contributed by atoms with Crippen LogP contribution in [-0.4, -0.2) is 30.3 Å². The topological polar surface area (TPSA) is 73.3 Å². The number of benzene rings is 1. The van der Waals surface area contributed by atoms with Crippen LogP contribution in [0.2, 0.25) is 0 Å². The van der Waals surface area contributed by atoms with Crippen molar-refractivity contribution in [3.8, 4) is 11.5 Å². The first-order valence-corrected chi connectivity index (χ1v) is 8.77. The van der Waals surface area contributed by atoms with Crippen molar-refractivity contribution in [2.45, 2.75) is 39.0 Å². The van der Waals surface area contributed by atoms with Gasteiger partial charge in [0.05, 0.1) is 20.6 Å². The number of rotatable bonds is 8. The molecule has 1 N–H and O–H groups in total. The summed E-state index contributed by atoms with van der Waals surface area (Å²) < 4.78 is 10.5. The zero-order chi connectivity index (χ0) is 17.5. The van der Waals surface area contributed by atoms with Crippen LogP contribution in [0.25, 0.3) is 0 Å². The van der Waals surface area contributed by atoms with E-state index in [0.29, 0.717) is 22.5 Å². The minimum Gasteiger partial charge on any atom is -0.497 e. The highest BCUT2D eigenvalue weighted by Gasteiger charge is 2.16. The van der Waals surface area contributed by atoms with Crippen LogP contribution in [0.4, 0.5) is 5.13 Å². The van der Waals surface area contributed by atoms with Gasteiger partial charge < -0.3 is 14.8 Å². The zero-order valence-electron chi connectivity index (χ0n) is 14.5. The van der Waals surface area contributed by atoms with Gasteiger partial charge in [0.2, 0.25) is 11.0 Å². The van der Waals surface area contributed by atoms with Crippen LogP contribution < -0.4 is 14.8 Å². The highest BCUT2D eigenvalue weighted by Crippen LogP contribution is 2.28. The number of nitrogens with one attached hydrogen (secondary N) is 1. The maximum absolute atomic E-state index is 12.3. The summed E-state index contributed by atoms with van der Waals surface area (Å²) in [5.74, 6) is 1.58. The van der Waals surface area contributed by atoms with Crippen molar-refractivity contribution in [1.82, 2.24) is 10.2 Å². The van der Waals surface area contributed by atoms with Gasteiger partial charge >= 0.3 is 0 Å². The number of hydrogen-bond donors (Lipinski definition) is 1. The third kappa shape index (κ3) is 4.44. The summed E-state index contributed by atoms with van der Waals surface area (Å²) in [6, 6.07) is 5.39. The summed E-state index contributed by atoms with van der Waals surface area (Å²) in [5.41, 5.74) is 0.763. The molecule has 6 nitrogen and oxygen atoms in total. The quantitative estimate of drug-likeness (QED) is 0.787. The van der Waals surface area contributed by atoms with Gasteiger partial charge in [-0.05, 0) is 31.0 Å². The fourth-order valence-electron chi connectivity index (χ4n) is 2.44. The lowest BCUT2D eigenvalue weighted by atomic mass is 10.1. The van der Waals surface area contributed by atoms with Crippen molar-refractivity contribution in [2.75, 3.05) is 19.5 Å². The van der Waals surface area contributed by atoms with Crippen molar-refractivity contribution in [2.24, 2.45) is 0 Å². The molecule has 2 aromatic rings. The van der Waals surface area contributed by atoms with E-state index in [1.54, 1.807) is 32.4 Å². The van der Waals surface area contributed by atoms with Crippen molar-refractivity contribution in [3.05, 3.63) is 28.8 Å². The normalized spacial score (nSPS) is 10.7. The summed E-state index contributed by atoms with van der Waals surface area (Å²) in [5, 5.41) is 12.6. The Bertz CT molecular complexity index is 683. The number of amides is 1. The Morgan fingerprint density at radius 3 is 2.58 bits per heavy atom. The third-order valence-corrected chi connectivity index (χ3v) is 4.86. The molecule has 1 heterocycles. The van der Waals surface area contributed by atoms with Crippen LogP contribution >= 0.6 is 11.3 Å². The first-order valence-electron chi connectivity index (χ1n) is 7.95. The van der Waals surface area contributed by atoms with Crippen LogP contribution in [0.1, 0.15) is 43.2 Å². The number of hydrogen-bond acceptors (Lipinski definition) is 6. The van der Waals surface area contributed by atoms with Crippen LogP contribution in [0, 0.1) is 0 Å². The molecule has 0 fully saturated rings. The molecule has 0 saturated carbocycles. The third-order valence-electron chi connectivity index (χ3n) is 3.86. The molecule has 1 aromatic heterocycles. The van der Waals surface area contributed by atoms with Crippen molar-refractivity contribution >= 4 is 22.4 Å². The fraction of sp³-hybridized carbons (Fsp3) is 0.471. The van der Waals surface area contributed by atoms with E-state index in [1.807, 2.05) is 0 Å². The van der Waals surface area contributed by atoms with Crippen LogP contribution in [0.15, 0.2) is 18.2 Å². The predicted octanol–water partition coefficient (Wildman–Crippen LogP) is 3.64. The Morgan fingerprint density at radius 2 is 1.96 bits per heavy atom. The smallest absolute Gasteiger partial charge is 0.230 e. The number of methoxy groups -OCH3 is 2. The van der Waals surface area contributed by atoms with Gasteiger partial charge in [0.25, 0.3) is 0 Å². The SMILES string of the molecule is CCC(CC)c1nnc(NC(=O)Cc2cc(OC)ccc2OC)s1. The van der Waals surface area contributed by atoms with Gasteiger partial charge in [-0.3, -0.25) is 4.79 Å². The van der Waals surface area contributed by atoms with Gasteiger partial charge in [-0.2, -0.15) is 0 Å². The van der Waals surface area contributed by atoms with E-state index in [4.69, 9.17) is 9.47 Å². The molecule has 0 bridgehead atoms. The number of aromatic nitrogens is 2. The second-order valence-electron chi connectivity index (χ2n) is 5.36. The predicted molar refractivity (Wildman–Crippen MR) is 95.1 cm³/mol. The summed E-state index contributed by atoms with van der Waals surface area (Å²) in [6.07, 6.45) is 2.21. The molecule has 1 amide bonds. The van der Waals surface area contributed by atoms with Gasteiger partial charge in [0.1, 0.15) is 16.5 Å². The Labute approximate surface area is 146 Å². The van der Waals surface area contributed by atoms with Crippen LogP contribution in [0.3, 0.4) is 0 Å². The molecule has 0 radical (unpaired) electrons. The van der Waals surface area contributed by atoms with Gasteiger partial charge in [-0.25, -0.2) is 0 Å². The second-order valence-corrected chi connectivity index (χ2v) is 6.37. The Kier molecular flexibility index (Phi) is 6.54. The molecule has 0 spiro atoms. The second kappa shape index (κ2) is 8.63. The van der Waals surface area contributed by atoms with Crippen LogP contribution in [-0.2, 0) is 11.2 Å². The van der Waals surface area contributed by atoms with Gasteiger partial charge in [0.15, 0.2) is 0 Å². The van der Waals surface area contributed by atoms with E-state index in [0.717, 1.165) is 23.4 Å². The number of carbonyl (C=O) groups excluding carboxylic acids is 1. The highest BCUT2D eigenvalue weighted by atomic mass is 32.1. The van der Waals surface area contributed by atoms with E-state index < -0.39 is 0 Å². The average molecular weight is 349 g/mol. The zero-order valence-corrected chi connectivity index (χ0v) is 15.3. The van der Waals surface area contributed by atoms with E-state index in [1.165, 1.54) is 11.3 Å². The number of carbonyl (C=O) groups is 1. The number of ether oxygens (including phenoxy) is 2. The molecule has 0 atom stereocenters. The highest BCUT2D eigenvalue weighted by molar-refractivity contribution is 7.15. The number of anilines is 1. The first kappa shape index (κ1) is 18.2. The van der Waals surface area contributed by atoms with Crippen molar-refractivity contribution in [1.29, 1.82) is 0 Å². The van der Waals surface area contributed by atoms with Gasteiger partial charge in [-0.15, -0.1) is 10.2 Å². The lowest BCUT2D eigenvalue weighted by molar-refractivity contribution is -0.115. The molecule has 0 unspecified atom stereocenters. The molecule has 130 valence electrons. The molecular formula is C17H23N3O3S. The molecular weight excluding hydrogens is 326 g/mol.